The Labute approximate surface area is 167 Å². The van der Waals surface area contributed by atoms with Crippen LogP contribution < -0.4 is 9.47 Å². The minimum Gasteiger partial charge on any atom is -0.497 e. The van der Waals surface area contributed by atoms with Crippen molar-refractivity contribution < 1.29 is 23.8 Å². The summed E-state index contributed by atoms with van der Waals surface area (Å²) < 4.78 is 15.2. The van der Waals surface area contributed by atoms with E-state index in [4.69, 9.17) is 37.4 Å². The van der Waals surface area contributed by atoms with Crippen LogP contribution in [0.25, 0.3) is 0 Å². The van der Waals surface area contributed by atoms with Crippen LogP contribution in [-0.2, 0) is 16.1 Å². The van der Waals surface area contributed by atoms with E-state index >= 15 is 0 Å². The summed E-state index contributed by atoms with van der Waals surface area (Å²) in [4.78, 5) is 26.1. The molecule has 27 heavy (non-hydrogen) atoms. The van der Waals surface area contributed by atoms with Crippen molar-refractivity contribution in [1.82, 2.24) is 4.90 Å². The van der Waals surface area contributed by atoms with Crippen LogP contribution in [0.5, 0.6) is 11.5 Å². The van der Waals surface area contributed by atoms with Crippen LogP contribution in [0.4, 0.5) is 0 Å². The largest absolute Gasteiger partial charge is 0.497 e. The second-order valence-corrected chi connectivity index (χ2v) is 6.43. The molecule has 2 aromatic carbocycles. The number of hydrogen-bond acceptors (Lipinski definition) is 5. The quantitative estimate of drug-likeness (QED) is 0.647. The molecule has 0 saturated carbocycles. The Bertz CT molecular complexity index is 819. The summed E-state index contributed by atoms with van der Waals surface area (Å²) in [5.74, 6) is 0.122. The molecule has 0 aliphatic heterocycles. The molecule has 2 aromatic rings. The summed E-state index contributed by atoms with van der Waals surface area (Å²) in [5.41, 5.74) is 0.907. The molecule has 8 heteroatoms. The highest BCUT2D eigenvalue weighted by Gasteiger charge is 2.22. The van der Waals surface area contributed by atoms with E-state index in [2.05, 4.69) is 0 Å². The second kappa shape index (κ2) is 9.48. The molecule has 1 amide bonds. The average Bonchev–Trinajstić information content (AvgIpc) is 2.68. The summed E-state index contributed by atoms with van der Waals surface area (Å²) in [6.07, 6.45) is 0. The highest BCUT2D eigenvalue weighted by atomic mass is 35.5. The van der Waals surface area contributed by atoms with Crippen LogP contribution in [0.2, 0.25) is 10.0 Å². The van der Waals surface area contributed by atoms with Crippen molar-refractivity contribution in [2.75, 3.05) is 27.9 Å². The van der Waals surface area contributed by atoms with Gasteiger partial charge in [0, 0.05) is 17.6 Å². The third-order valence-corrected chi connectivity index (χ3v) is 4.34. The number of carbonyl (C=O) groups excluding carboxylic acids is 2. The van der Waals surface area contributed by atoms with Gasteiger partial charge in [-0.25, -0.2) is 0 Å². The maximum Gasteiger partial charge on any atom is 0.325 e. The standard InChI is InChI=1S/C19H19Cl2NO5/c1-25-14-6-12(7-15(9-14)26-2)10-22(11-18(23)27-3)19(24)16-8-13(20)4-5-17(16)21/h4-9H,10-11H2,1-3H3. The second-order valence-electron chi connectivity index (χ2n) is 5.58. The minimum atomic E-state index is -0.559. The first-order valence-electron chi connectivity index (χ1n) is 7.91. The molecule has 0 spiro atoms. The number of methoxy groups -OCH3 is 3. The van der Waals surface area contributed by atoms with E-state index in [-0.39, 0.29) is 23.7 Å². The Morgan fingerprint density at radius 3 is 2.15 bits per heavy atom. The Morgan fingerprint density at radius 2 is 1.59 bits per heavy atom. The van der Waals surface area contributed by atoms with Gasteiger partial charge in [0.05, 0.1) is 31.9 Å². The lowest BCUT2D eigenvalue weighted by atomic mass is 10.1. The van der Waals surface area contributed by atoms with Crippen molar-refractivity contribution in [3.8, 4) is 11.5 Å². The summed E-state index contributed by atoms with van der Waals surface area (Å²) >= 11 is 12.1. The zero-order valence-corrected chi connectivity index (χ0v) is 16.6. The third-order valence-electron chi connectivity index (χ3n) is 3.78. The molecule has 144 valence electrons. The van der Waals surface area contributed by atoms with Gasteiger partial charge in [0.15, 0.2) is 0 Å². The number of carbonyl (C=O) groups is 2. The Morgan fingerprint density at radius 1 is 0.963 bits per heavy atom. The van der Waals surface area contributed by atoms with E-state index in [1.807, 2.05) is 0 Å². The van der Waals surface area contributed by atoms with Crippen molar-refractivity contribution >= 4 is 35.1 Å². The molecule has 2 rings (SSSR count). The number of nitrogens with zero attached hydrogens (tertiary/aromatic N) is 1. The summed E-state index contributed by atoms with van der Waals surface area (Å²) in [7, 11) is 4.31. The molecule has 0 atom stereocenters. The average molecular weight is 412 g/mol. The maximum absolute atomic E-state index is 13.0. The van der Waals surface area contributed by atoms with E-state index in [9.17, 15) is 9.59 Å². The fourth-order valence-electron chi connectivity index (χ4n) is 2.43. The van der Waals surface area contributed by atoms with Crippen LogP contribution in [0.15, 0.2) is 36.4 Å². The van der Waals surface area contributed by atoms with Crippen LogP contribution in [0.1, 0.15) is 15.9 Å². The highest BCUT2D eigenvalue weighted by Crippen LogP contribution is 2.26. The molecular formula is C19H19Cl2NO5. The zero-order chi connectivity index (χ0) is 20.0. The van der Waals surface area contributed by atoms with E-state index in [1.54, 1.807) is 24.3 Å². The molecule has 0 unspecified atom stereocenters. The van der Waals surface area contributed by atoms with Crippen molar-refractivity contribution in [2.24, 2.45) is 0 Å². The summed E-state index contributed by atoms with van der Waals surface area (Å²) in [5, 5.41) is 0.603. The Kier molecular flexibility index (Phi) is 7.33. The molecule has 0 saturated heterocycles. The van der Waals surface area contributed by atoms with Gasteiger partial charge in [-0.05, 0) is 35.9 Å². The van der Waals surface area contributed by atoms with Gasteiger partial charge in [-0.15, -0.1) is 0 Å². The first-order valence-corrected chi connectivity index (χ1v) is 8.66. The van der Waals surface area contributed by atoms with Crippen molar-refractivity contribution in [1.29, 1.82) is 0 Å². The smallest absolute Gasteiger partial charge is 0.325 e. The SMILES string of the molecule is COC(=O)CN(Cc1cc(OC)cc(OC)c1)C(=O)c1cc(Cl)ccc1Cl. The van der Waals surface area contributed by atoms with Crippen LogP contribution in [0.3, 0.4) is 0 Å². The van der Waals surface area contributed by atoms with Crippen molar-refractivity contribution in [2.45, 2.75) is 6.54 Å². The van der Waals surface area contributed by atoms with E-state index in [1.165, 1.54) is 38.4 Å². The number of ether oxygens (including phenoxy) is 3. The molecule has 0 aliphatic rings. The molecule has 0 heterocycles. The van der Waals surface area contributed by atoms with Gasteiger partial charge in [-0.3, -0.25) is 9.59 Å². The highest BCUT2D eigenvalue weighted by molar-refractivity contribution is 6.35. The molecule has 0 bridgehead atoms. The number of rotatable bonds is 7. The predicted molar refractivity (Wildman–Crippen MR) is 103 cm³/mol. The van der Waals surface area contributed by atoms with Gasteiger partial charge in [0.2, 0.25) is 0 Å². The number of benzene rings is 2. The summed E-state index contributed by atoms with van der Waals surface area (Å²) in [6, 6.07) is 9.78. The summed E-state index contributed by atoms with van der Waals surface area (Å²) in [6.45, 7) is -0.137. The molecule has 0 aromatic heterocycles. The van der Waals surface area contributed by atoms with E-state index in [0.717, 1.165) is 0 Å². The van der Waals surface area contributed by atoms with E-state index < -0.39 is 11.9 Å². The van der Waals surface area contributed by atoms with Crippen molar-refractivity contribution in [3.05, 3.63) is 57.6 Å². The number of hydrogen-bond donors (Lipinski definition) is 0. The molecule has 0 N–H and O–H groups in total. The van der Waals surface area contributed by atoms with Gasteiger partial charge >= 0.3 is 5.97 Å². The first kappa shape index (κ1) is 20.9. The molecule has 6 nitrogen and oxygen atoms in total. The number of halogens is 2. The lowest BCUT2D eigenvalue weighted by Gasteiger charge is -2.23. The minimum absolute atomic E-state index is 0.115. The number of amides is 1. The fourth-order valence-corrected chi connectivity index (χ4v) is 2.80. The Hall–Kier alpha value is -2.44. The molecule has 0 aliphatic carbocycles. The molecule has 0 radical (unpaired) electrons. The van der Waals surface area contributed by atoms with Crippen LogP contribution >= 0.6 is 23.2 Å². The third kappa shape index (κ3) is 5.52. The van der Waals surface area contributed by atoms with Crippen LogP contribution in [-0.4, -0.2) is 44.7 Å². The van der Waals surface area contributed by atoms with Gasteiger partial charge in [-0.2, -0.15) is 0 Å². The monoisotopic (exact) mass is 411 g/mol. The fraction of sp³-hybridized carbons (Fsp3) is 0.263. The first-order chi connectivity index (χ1) is 12.9. The maximum atomic E-state index is 13.0. The van der Waals surface area contributed by atoms with Crippen molar-refractivity contribution in [3.63, 3.8) is 0 Å². The predicted octanol–water partition coefficient (Wildman–Crippen LogP) is 3.83. The number of esters is 1. The van der Waals surface area contributed by atoms with Gasteiger partial charge in [0.1, 0.15) is 18.0 Å². The van der Waals surface area contributed by atoms with Crippen LogP contribution in [0, 0.1) is 0 Å². The Balaban J connectivity index is 2.38. The molecule has 0 fully saturated rings. The van der Waals surface area contributed by atoms with E-state index in [0.29, 0.717) is 22.1 Å². The topological polar surface area (TPSA) is 65.1 Å². The van der Waals surface area contributed by atoms with Gasteiger partial charge in [-0.1, -0.05) is 23.2 Å². The van der Waals surface area contributed by atoms with Gasteiger partial charge < -0.3 is 19.1 Å². The lowest BCUT2D eigenvalue weighted by molar-refractivity contribution is -0.141. The zero-order valence-electron chi connectivity index (χ0n) is 15.1. The lowest BCUT2D eigenvalue weighted by Crippen LogP contribution is -2.36. The molecular weight excluding hydrogens is 393 g/mol. The normalized spacial score (nSPS) is 10.3. The van der Waals surface area contributed by atoms with Gasteiger partial charge in [0.25, 0.3) is 5.91 Å².